The molecule has 1 fully saturated rings. The van der Waals surface area contributed by atoms with Crippen molar-refractivity contribution in [2.75, 3.05) is 23.7 Å². The van der Waals surface area contributed by atoms with Crippen LogP contribution in [-0.2, 0) is 0 Å². The van der Waals surface area contributed by atoms with E-state index < -0.39 is 5.82 Å². The molecule has 0 amide bonds. The zero-order chi connectivity index (χ0) is 20.2. The van der Waals surface area contributed by atoms with E-state index in [4.69, 9.17) is 26.8 Å². The molecule has 1 saturated heterocycles. The molecule has 1 aliphatic heterocycles. The lowest BCUT2D eigenvalue weighted by atomic mass is 10.1. The summed E-state index contributed by atoms with van der Waals surface area (Å²) in [5.74, 6) is 0.920. The summed E-state index contributed by atoms with van der Waals surface area (Å²) in [7, 11) is 0. The number of nitrogens with two attached hydrogens (primary N) is 1. The van der Waals surface area contributed by atoms with Gasteiger partial charge in [-0.25, -0.2) is 19.3 Å². The summed E-state index contributed by atoms with van der Waals surface area (Å²) in [6, 6.07) is 8.98. The van der Waals surface area contributed by atoms with E-state index in [-0.39, 0.29) is 17.9 Å². The van der Waals surface area contributed by atoms with Crippen molar-refractivity contribution in [2.45, 2.75) is 18.9 Å². The smallest absolute Gasteiger partial charge is 0.318 e. The third kappa shape index (κ3) is 4.80. The molecule has 150 valence electrons. The molecule has 2 aromatic heterocycles. The van der Waals surface area contributed by atoms with Gasteiger partial charge in [-0.3, -0.25) is 0 Å². The number of nitrogen functional groups attached to an aromatic ring is 1. The van der Waals surface area contributed by atoms with Crippen molar-refractivity contribution < 1.29 is 13.9 Å². The second-order valence-corrected chi connectivity index (χ2v) is 6.90. The predicted molar refractivity (Wildman–Crippen MR) is 106 cm³/mol. The fourth-order valence-corrected chi connectivity index (χ4v) is 3.16. The third-order valence-electron chi connectivity index (χ3n) is 4.43. The van der Waals surface area contributed by atoms with E-state index in [1.165, 1.54) is 6.33 Å². The van der Waals surface area contributed by atoms with Crippen LogP contribution in [0.1, 0.15) is 12.8 Å². The van der Waals surface area contributed by atoms with E-state index in [9.17, 15) is 4.39 Å². The molecule has 4 rings (SSSR count). The van der Waals surface area contributed by atoms with Gasteiger partial charge in [0, 0.05) is 37.0 Å². The van der Waals surface area contributed by atoms with Crippen molar-refractivity contribution in [3.8, 4) is 17.6 Å². The Morgan fingerprint density at radius 1 is 1.14 bits per heavy atom. The monoisotopic (exact) mass is 416 g/mol. The van der Waals surface area contributed by atoms with Gasteiger partial charge in [-0.1, -0.05) is 17.7 Å². The molecule has 0 atom stereocenters. The van der Waals surface area contributed by atoms with Crippen molar-refractivity contribution in [3.63, 3.8) is 0 Å². The van der Waals surface area contributed by atoms with Gasteiger partial charge in [0.05, 0.1) is 6.20 Å². The summed E-state index contributed by atoms with van der Waals surface area (Å²) in [6.07, 6.45) is 3.85. The van der Waals surface area contributed by atoms with Gasteiger partial charge in [-0.05, 0) is 18.2 Å². The number of halogens is 2. The molecule has 10 heteroatoms. The zero-order valence-corrected chi connectivity index (χ0v) is 16.1. The summed E-state index contributed by atoms with van der Waals surface area (Å²) in [5, 5.41) is 0.589. The van der Waals surface area contributed by atoms with Gasteiger partial charge in [-0.15, -0.1) is 0 Å². The van der Waals surface area contributed by atoms with Crippen LogP contribution in [0.25, 0.3) is 0 Å². The van der Waals surface area contributed by atoms with Crippen LogP contribution in [0.5, 0.6) is 17.6 Å². The molecule has 0 radical (unpaired) electrons. The van der Waals surface area contributed by atoms with Crippen molar-refractivity contribution >= 4 is 23.2 Å². The number of anilines is 2. The minimum atomic E-state index is -0.660. The average molecular weight is 417 g/mol. The summed E-state index contributed by atoms with van der Waals surface area (Å²) >= 11 is 5.98. The molecule has 0 aliphatic carbocycles. The molecule has 0 saturated carbocycles. The van der Waals surface area contributed by atoms with Gasteiger partial charge in [0.25, 0.3) is 0 Å². The fourth-order valence-electron chi connectivity index (χ4n) is 2.98. The Kier molecular flexibility index (Phi) is 5.57. The standard InChI is InChI=1S/C19H18ClFN6O2/c20-12-2-1-3-14(8-12)28-17-9-16(24-11-25-17)27-6-4-13(5-7-27)29-19-23-10-15(21)18(22)26-19/h1-3,8-11,13H,4-7H2,(H2,22,23,26). The van der Waals surface area contributed by atoms with Gasteiger partial charge in [0.15, 0.2) is 11.6 Å². The first-order valence-electron chi connectivity index (χ1n) is 9.02. The Bertz CT molecular complexity index is 1000. The topological polar surface area (TPSA) is 99.3 Å². The summed E-state index contributed by atoms with van der Waals surface area (Å²) in [5.41, 5.74) is 5.45. The molecule has 1 aliphatic rings. The van der Waals surface area contributed by atoms with Gasteiger partial charge >= 0.3 is 6.01 Å². The van der Waals surface area contributed by atoms with E-state index in [1.807, 2.05) is 6.07 Å². The summed E-state index contributed by atoms with van der Waals surface area (Å²) in [4.78, 5) is 18.2. The maximum atomic E-state index is 13.2. The van der Waals surface area contributed by atoms with E-state index in [0.717, 1.165) is 37.9 Å². The minimum absolute atomic E-state index is 0.0832. The van der Waals surface area contributed by atoms with Crippen LogP contribution < -0.4 is 20.1 Å². The minimum Gasteiger partial charge on any atom is -0.460 e. The number of aromatic nitrogens is 4. The highest BCUT2D eigenvalue weighted by Crippen LogP contribution is 2.26. The lowest BCUT2D eigenvalue weighted by Gasteiger charge is -2.32. The second-order valence-electron chi connectivity index (χ2n) is 6.46. The molecule has 3 aromatic rings. The van der Waals surface area contributed by atoms with Crippen LogP contribution in [0.4, 0.5) is 16.0 Å². The molecular weight excluding hydrogens is 399 g/mol. The number of piperidine rings is 1. The molecule has 0 spiro atoms. The molecular formula is C19H18ClFN6O2. The van der Waals surface area contributed by atoms with Crippen LogP contribution in [0.15, 0.2) is 42.9 Å². The Morgan fingerprint density at radius 3 is 2.72 bits per heavy atom. The number of rotatable bonds is 5. The lowest BCUT2D eigenvalue weighted by Crippen LogP contribution is -2.39. The Morgan fingerprint density at radius 2 is 1.97 bits per heavy atom. The summed E-state index contributed by atoms with van der Waals surface area (Å²) < 4.78 is 24.7. The highest BCUT2D eigenvalue weighted by atomic mass is 35.5. The number of hydrogen-bond donors (Lipinski definition) is 1. The average Bonchev–Trinajstić information content (AvgIpc) is 2.72. The molecule has 1 aromatic carbocycles. The first-order chi connectivity index (χ1) is 14.1. The van der Waals surface area contributed by atoms with E-state index >= 15 is 0 Å². The Balaban J connectivity index is 1.36. The van der Waals surface area contributed by atoms with Crippen molar-refractivity contribution in [2.24, 2.45) is 0 Å². The molecule has 29 heavy (non-hydrogen) atoms. The second kappa shape index (κ2) is 8.44. The van der Waals surface area contributed by atoms with Crippen LogP contribution in [0.3, 0.4) is 0 Å². The molecule has 0 unspecified atom stereocenters. The Hall–Kier alpha value is -3.20. The van der Waals surface area contributed by atoms with Gasteiger partial charge in [0.2, 0.25) is 5.88 Å². The maximum Gasteiger partial charge on any atom is 0.318 e. The van der Waals surface area contributed by atoms with Crippen molar-refractivity contribution in [1.82, 2.24) is 19.9 Å². The lowest BCUT2D eigenvalue weighted by molar-refractivity contribution is 0.156. The first-order valence-corrected chi connectivity index (χ1v) is 9.40. The van der Waals surface area contributed by atoms with Crippen LogP contribution in [-0.4, -0.2) is 39.1 Å². The zero-order valence-electron chi connectivity index (χ0n) is 15.3. The van der Waals surface area contributed by atoms with Crippen LogP contribution in [0, 0.1) is 5.82 Å². The van der Waals surface area contributed by atoms with Gasteiger partial charge < -0.3 is 20.1 Å². The molecule has 2 N–H and O–H groups in total. The van der Waals surface area contributed by atoms with Crippen LogP contribution >= 0.6 is 11.6 Å². The highest BCUT2D eigenvalue weighted by molar-refractivity contribution is 6.30. The van der Waals surface area contributed by atoms with Gasteiger partial charge in [-0.2, -0.15) is 4.98 Å². The normalized spacial score (nSPS) is 14.6. The van der Waals surface area contributed by atoms with Crippen molar-refractivity contribution in [1.29, 1.82) is 0 Å². The Labute approximate surface area is 171 Å². The quantitative estimate of drug-likeness (QED) is 0.674. The number of nitrogens with zero attached hydrogens (tertiary/aromatic N) is 5. The SMILES string of the molecule is Nc1nc(OC2CCN(c3cc(Oc4cccc(Cl)c4)ncn3)CC2)ncc1F. The third-order valence-corrected chi connectivity index (χ3v) is 4.67. The van der Waals surface area contributed by atoms with Crippen LogP contribution in [0.2, 0.25) is 5.02 Å². The first kappa shape index (κ1) is 19.1. The largest absolute Gasteiger partial charge is 0.460 e. The highest BCUT2D eigenvalue weighted by Gasteiger charge is 2.23. The van der Waals surface area contributed by atoms with Gasteiger partial charge in [0.1, 0.15) is 24.0 Å². The van der Waals surface area contributed by atoms with E-state index in [2.05, 4.69) is 24.8 Å². The maximum absolute atomic E-state index is 13.2. The van der Waals surface area contributed by atoms with E-state index in [1.54, 1.807) is 24.3 Å². The molecule has 0 bridgehead atoms. The fraction of sp³-hybridized carbons (Fsp3) is 0.263. The number of ether oxygens (including phenoxy) is 2. The number of benzene rings is 1. The van der Waals surface area contributed by atoms with Crippen molar-refractivity contribution in [3.05, 3.63) is 53.7 Å². The summed E-state index contributed by atoms with van der Waals surface area (Å²) in [6.45, 7) is 1.43. The van der Waals surface area contributed by atoms with E-state index in [0.29, 0.717) is 16.7 Å². The number of hydrogen-bond acceptors (Lipinski definition) is 8. The molecule has 3 heterocycles. The predicted octanol–water partition coefficient (Wildman–Crippen LogP) is 3.48. The molecule has 8 nitrogen and oxygen atoms in total.